The zero-order valence-corrected chi connectivity index (χ0v) is 18.3. The number of hydrogen-bond donors (Lipinski definition) is 0. The molecule has 29 heavy (non-hydrogen) atoms. The fourth-order valence-electron chi connectivity index (χ4n) is 3.11. The fraction of sp³-hybridized carbons (Fsp3) is 0.300. The maximum atomic E-state index is 12.1. The SMILES string of the molecule is CCc1ccc(-c2nnc(-c3ccc(CC)c(S(C)(=O)=O)c3)o2)cc1S(C)(=O)=O. The lowest BCUT2D eigenvalue weighted by molar-refractivity contribution is 0.583. The van der Waals surface area contributed by atoms with Gasteiger partial charge in [0.1, 0.15) is 0 Å². The van der Waals surface area contributed by atoms with Crippen LogP contribution in [-0.2, 0) is 32.5 Å². The lowest BCUT2D eigenvalue weighted by atomic mass is 10.1. The Morgan fingerprint density at radius 2 is 1.10 bits per heavy atom. The van der Waals surface area contributed by atoms with Crippen LogP contribution in [0.25, 0.3) is 22.9 Å². The van der Waals surface area contributed by atoms with Gasteiger partial charge in [-0.2, -0.15) is 0 Å². The van der Waals surface area contributed by atoms with E-state index in [0.717, 1.165) is 12.5 Å². The molecule has 0 amide bonds. The van der Waals surface area contributed by atoms with Crippen LogP contribution in [0.3, 0.4) is 0 Å². The Morgan fingerprint density at radius 1 is 0.724 bits per heavy atom. The largest absolute Gasteiger partial charge is 0.416 e. The Kier molecular flexibility index (Phi) is 5.64. The van der Waals surface area contributed by atoms with Crippen molar-refractivity contribution in [2.45, 2.75) is 36.5 Å². The van der Waals surface area contributed by atoms with Crippen molar-refractivity contribution >= 4 is 19.7 Å². The number of rotatable bonds is 6. The van der Waals surface area contributed by atoms with Gasteiger partial charge in [0.15, 0.2) is 19.7 Å². The summed E-state index contributed by atoms with van der Waals surface area (Å²) in [6, 6.07) is 9.96. The topological polar surface area (TPSA) is 107 Å². The van der Waals surface area contributed by atoms with Crippen LogP contribution in [0.1, 0.15) is 25.0 Å². The summed E-state index contributed by atoms with van der Waals surface area (Å²) >= 11 is 0. The molecule has 154 valence electrons. The number of sulfone groups is 2. The van der Waals surface area contributed by atoms with Crippen molar-refractivity contribution in [3.63, 3.8) is 0 Å². The summed E-state index contributed by atoms with van der Waals surface area (Å²) in [5.41, 5.74) is 2.39. The number of hydrogen-bond acceptors (Lipinski definition) is 7. The second kappa shape index (κ2) is 7.72. The highest BCUT2D eigenvalue weighted by atomic mass is 32.2. The molecule has 7 nitrogen and oxygen atoms in total. The van der Waals surface area contributed by atoms with Crippen LogP contribution < -0.4 is 0 Å². The normalized spacial score (nSPS) is 12.3. The van der Waals surface area contributed by atoms with Crippen molar-refractivity contribution in [2.75, 3.05) is 12.5 Å². The Labute approximate surface area is 170 Å². The van der Waals surface area contributed by atoms with Crippen molar-refractivity contribution in [1.29, 1.82) is 0 Å². The first-order chi connectivity index (χ1) is 13.5. The standard InChI is InChI=1S/C20H22N2O5S2/c1-5-13-7-9-15(11-17(13)28(3,23)24)19-21-22-20(27-19)16-10-8-14(6-2)18(12-16)29(4,25)26/h7-12H,5-6H2,1-4H3. The molecule has 0 radical (unpaired) electrons. The summed E-state index contributed by atoms with van der Waals surface area (Å²) in [4.78, 5) is 0.452. The molecule has 1 heterocycles. The minimum absolute atomic E-state index is 0.160. The van der Waals surface area contributed by atoms with Crippen LogP contribution in [0.2, 0.25) is 0 Å². The van der Waals surface area contributed by atoms with E-state index in [1.54, 1.807) is 24.3 Å². The molecule has 2 aromatic carbocycles. The maximum Gasteiger partial charge on any atom is 0.248 e. The second-order valence-corrected chi connectivity index (χ2v) is 10.8. The summed E-state index contributed by atoms with van der Waals surface area (Å²) < 4.78 is 54.1. The second-order valence-electron chi connectivity index (χ2n) is 6.81. The average Bonchev–Trinajstić information content (AvgIpc) is 3.15. The van der Waals surface area contributed by atoms with Crippen LogP contribution in [0.4, 0.5) is 0 Å². The molecular formula is C20H22N2O5S2. The monoisotopic (exact) mass is 434 g/mol. The number of benzene rings is 2. The van der Waals surface area contributed by atoms with Crippen molar-refractivity contribution in [2.24, 2.45) is 0 Å². The predicted molar refractivity (Wildman–Crippen MR) is 110 cm³/mol. The summed E-state index contributed by atoms with van der Waals surface area (Å²) in [6.07, 6.45) is 3.48. The highest BCUT2D eigenvalue weighted by molar-refractivity contribution is 7.91. The van der Waals surface area contributed by atoms with Gasteiger partial charge in [-0.25, -0.2) is 16.8 Å². The lowest BCUT2D eigenvalue weighted by Crippen LogP contribution is -2.02. The van der Waals surface area contributed by atoms with E-state index in [2.05, 4.69) is 10.2 Å². The van der Waals surface area contributed by atoms with Gasteiger partial charge in [0.05, 0.1) is 9.79 Å². The van der Waals surface area contributed by atoms with Crippen LogP contribution in [0, 0.1) is 0 Å². The Hall–Kier alpha value is -2.52. The third kappa shape index (κ3) is 4.40. The average molecular weight is 435 g/mol. The lowest BCUT2D eigenvalue weighted by Gasteiger charge is -2.07. The molecule has 0 saturated heterocycles. The smallest absolute Gasteiger partial charge is 0.248 e. The molecule has 9 heteroatoms. The molecule has 0 N–H and O–H groups in total. The highest BCUT2D eigenvalue weighted by Crippen LogP contribution is 2.29. The third-order valence-electron chi connectivity index (χ3n) is 4.61. The Morgan fingerprint density at radius 3 is 1.41 bits per heavy atom. The molecule has 3 aromatic rings. The Balaban J connectivity index is 2.07. The van der Waals surface area contributed by atoms with Crippen molar-refractivity contribution < 1.29 is 21.3 Å². The van der Waals surface area contributed by atoms with Gasteiger partial charge in [-0.15, -0.1) is 10.2 Å². The summed E-state index contributed by atoms with van der Waals surface area (Å²) in [5.74, 6) is 0.320. The Bertz CT molecular complexity index is 1180. The van der Waals surface area contributed by atoms with Gasteiger partial charge in [-0.05, 0) is 48.2 Å². The van der Waals surface area contributed by atoms with Gasteiger partial charge in [0.2, 0.25) is 11.8 Å². The van der Waals surface area contributed by atoms with E-state index in [1.807, 2.05) is 13.8 Å². The number of nitrogens with zero attached hydrogens (tertiary/aromatic N) is 2. The van der Waals surface area contributed by atoms with Gasteiger partial charge in [-0.1, -0.05) is 26.0 Å². The van der Waals surface area contributed by atoms with Crippen LogP contribution in [-0.4, -0.2) is 39.5 Å². The quantitative estimate of drug-likeness (QED) is 0.585. The van der Waals surface area contributed by atoms with E-state index in [0.29, 0.717) is 35.1 Å². The minimum atomic E-state index is -3.41. The zero-order chi connectivity index (χ0) is 21.4. The van der Waals surface area contributed by atoms with Gasteiger partial charge in [0.25, 0.3) is 0 Å². The third-order valence-corrected chi connectivity index (χ3v) is 6.97. The van der Waals surface area contributed by atoms with Crippen molar-refractivity contribution in [1.82, 2.24) is 10.2 Å². The van der Waals surface area contributed by atoms with Crippen molar-refractivity contribution in [3.05, 3.63) is 47.5 Å². The van der Waals surface area contributed by atoms with Gasteiger partial charge >= 0.3 is 0 Å². The fourth-order valence-corrected chi connectivity index (χ4v) is 5.17. The molecule has 0 aliphatic heterocycles. The summed E-state index contributed by atoms with van der Waals surface area (Å²) in [5, 5.41) is 8.03. The molecule has 0 unspecified atom stereocenters. The van der Waals surface area contributed by atoms with Crippen LogP contribution >= 0.6 is 0 Å². The summed E-state index contributed by atoms with van der Waals surface area (Å²) in [6.45, 7) is 3.77. The summed E-state index contributed by atoms with van der Waals surface area (Å²) in [7, 11) is -6.82. The predicted octanol–water partition coefficient (Wildman–Crippen LogP) is 3.34. The van der Waals surface area contributed by atoms with E-state index in [9.17, 15) is 16.8 Å². The molecule has 0 aliphatic rings. The molecule has 0 bridgehead atoms. The van der Waals surface area contributed by atoms with E-state index < -0.39 is 19.7 Å². The highest BCUT2D eigenvalue weighted by Gasteiger charge is 2.19. The molecule has 1 aromatic heterocycles. The molecule has 0 aliphatic carbocycles. The molecular weight excluding hydrogens is 412 g/mol. The number of aromatic nitrogens is 2. The first-order valence-corrected chi connectivity index (χ1v) is 12.8. The molecule has 3 rings (SSSR count). The van der Waals surface area contributed by atoms with E-state index in [1.165, 1.54) is 12.1 Å². The minimum Gasteiger partial charge on any atom is -0.416 e. The molecule has 0 fully saturated rings. The van der Waals surface area contributed by atoms with Crippen LogP contribution in [0.5, 0.6) is 0 Å². The molecule has 0 atom stereocenters. The zero-order valence-electron chi connectivity index (χ0n) is 16.6. The van der Waals surface area contributed by atoms with E-state index in [-0.39, 0.29) is 21.6 Å². The molecule has 0 spiro atoms. The van der Waals surface area contributed by atoms with Gasteiger partial charge < -0.3 is 4.42 Å². The first kappa shape index (κ1) is 21.2. The van der Waals surface area contributed by atoms with E-state index >= 15 is 0 Å². The van der Waals surface area contributed by atoms with Gasteiger partial charge in [0, 0.05) is 23.6 Å². The van der Waals surface area contributed by atoms with E-state index in [4.69, 9.17) is 4.42 Å². The molecule has 0 saturated carbocycles. The maximum absolute atomic E-state index is 12.1. The first-order valence-electron chi connectivity index (χ1n) is 9.04. The van der Waals surface area contributed by atoms with Crippen molar-refractivity contribution in [3.8, 4) is 22.9 Å². The van der Waals surface area contributed by atoms with Crippen LogP contribution in [0.15, 0.2) is 50.6 Å². The number of aryl methyl sites for hydroxylation is 2. The van der Waals surface area contributed by atoms with Gasteiger partial charge in [-0.3, -0.25) is 0 Å².